The second kappa shape index (κ2) is 4.25. The molecule has 0 spiro atoms. The lowest BCUT2D eigenvalue weighted by molar-refractivity contribution is 0.402. The number of hydrogen-bond donors (Lipinski definition) is 0. The second-order valence-corrected chi connectivity index (χ2v) is 4.10. The van der Waals surface area contributed by atoms with Crippen molar-refractivity contribution in [1.82, 2.24) is 0 Å². The van der Waals surface area contributed by atoms with Gasteiger partial charge < -0.3 is 0 Å². The molecule has 0 radical (unpaired) electrons. The Labute approximate surface area is 87.1 Å². The highest BCUT2D eigenvalue weighted by Crippen LogP contribution is 2.34. The van der Waals surface area contributed by atoms with Gasteiger partial charge in [0.15, 0.2) is 17.5 Å². The molecular weight excluding hydrogens is 201 g/mol. The van der Waals surface area contributed by atoms with E-state index in [0.717, 1.165) is 38.2 Å². The third-order valence-corrected chi connectivity index (χ3v) is 3.11. The van der Waals surface area contributed by atoms with Crippen molar-refractivity contribution in [3.63, 3.8) is 0 Å². The lowest BCUT2D eigenvalue weighted by Gasteiger charge is -2.22. The highest BCUT2D eigenvalue weighted by Gasteiger charge is 2.22. The summed E-state index contributed by atoms with van der Waals surface area (Å²) in [5.41, 5.74) is 0.341. The molecule has 0 aliphatic heterocycles. The maximum absolute atomic E-state index is 13.4. The fourth-order valence-corrected chi connectivity index (χ4v) is 2.27. The van der Waals surface area contributed by atoms with Gasteiger partial charge in [0, 0.05) is 0 Å². The molecule has 0 N–H and O–H groups in total. The van der Waals surface area contributed by atoms with Crippen LogP contribution >= 0.6 is 0 Å². The van der Waals surface area contributed by atoms with Crippen molar-refractivity contribution >= 4 is 0 Å². The van der Waals surface area contributed by atoms with Crippen LogP contribution in [-0.4, -0.2) is 0 Å². The van der Waals surface area contributed by atoms with Crippen LogP contribution in [0.2, 0.25) is 0 Å². The maximum atomic E-state index is 13.4. The van der Waals surface area contributed by atoms with Crippen molar-refractivity contribution in [3.8, 4) is 0 Å². The molecule has 2 rings (SSSR count). The second-order valence-electron chi connectivity index (χ2n) is 4.10. The first kappa shape index (κ1) is 10.5. The van der Waals surface area contributed by atoms with Gasteiger partial charge in [0.2, 0.25) is 0 Å². The van der Waals surface area contributed by atoms with Gasteiger partial charge in [-0.1, -0.05) is 25.3 Å². The summed E-state index contributed by atoms with van der Waals surface area (Å²) >= 11 is 0. The van der Waals surface area contributed by atoms with Crippen LogP contribution < -0.4 is 0 Å². The van der Waals surface area contributed by atoms with E-state index >= 15 is 0 Å². The number of hydrogen-bond acceptors (Lipinski definition) is 0. The lowest BCUT2D eigenvalue weighted by Crippen LogP contribution is -2.08. The van der Waals surface area contributed by atoms with Gasteiger partial charge in [0.05, 0.1) is 0 Å². The molecule has 1 fully saturated rings. The Balaban J connectivity index is 2.31. The summed E-state index contributed by atoms with van der Waals surface area (Å²) in [6, 6.07) is 2.39. The van der Waals surface area contributed by atoms with E-state index in [0.29, 0.717) is 5.56 Å². The highest BCUT2D eigenvalue weighted by atomic mass is 19.2. The Hall–Kier alpha value is -0.990. The molecule has 3 heteroatoms. The third kappa shape index (κ3) is 2.01. The summed E-state index contributed by atoms with van der Waals surface area (Å²) in [5, 5.41) is 0. The summed E-state index contributed by atoms with van der Waals surface area (Å²) < 4.78 is 39.1. The molecule has 0 amide bonds. The molecule has 0 nitrogen and oxygen atoms in total. The molecule has 1 saturated carbocycles. The van der Waals surface area contributed by atoms with Crippen LogP contribution in [0.15, 0.2) is 12.1 Å². The molecule has 15 heavy (non-hydrogen) atoms. The molecule has 0 atom stereocenters. The van der Waals surface area contributed by atoms with Gasteiger partial charge in [-0.05, 0) is 30.4 Å². The van der Waals surface area contributed by atoms with E-state index in [2.05, 4.69) is 0 Å². The summed E-state index contributed by atoms with van der Waals surface area (Å²) in [4.78, 5) is 0. The first-order valence-corrected chi connectivity index (χ1v) is 5.33. The lowest BCUT2D eigenvalue weighted by atomic mass is 9.84. The van der Waals surface area contributed by atoms with E-state index < -0.39 is 17.5 Å². The Kier molecular flexibility index (Phi) is 2.98. The van der Waals surface area contributed by atoms with Gasteiger partial charge in [-0.2, -0.15) is 0 Å². The van der Waals surface area contributed by atoms with Crippen LogP contribution in [0.3, 0.4) is 0 Å². The number of benzene rings is 1. The fraction of sp³-hybridized carbons (Fsp3) is 0.500. The zero-order valence-electron chi connectivity index (χ0n) is 8.40. The van der Waals surface area contributed by atoms with Gasteiger partial charge in [-0.3, -0.25) is 0 Å². The van der Waals surface area contributed by atoms with Crippen molar-refractivity contribution < 1.29 is 13.2 Å². The van der Waals surface area contributed by atoms with E-state index in [1.165, 1.54) is 6.07 Å². The predicted octanol–water partition coefficient (Wildman–Crippen LogP) is 4.15. The molecule has 1 aliphatic carbocycles. The molecular formula is C12H13F3. The average Bonchev–Trinajstić information content (AvgIpc) is 2.27. The Morgan fingerprint density at radius 3 is 2.20 bits per heavy atom. The van der Waals surface area contributed by atoms with Gasteiger partial charge in [0.1, 0.15) is 0 Å². The zero-order chi connectivity index (χ0) is 10.8. The van der Waals surface area contributed by atoms with E-state index in [9.17, 15) is 13.2 Å². The van der Waals surface area contributed by atoms with Crippen LogP contribution in [-0.2, 0) is 0 Å². The summed E-state index contributed by atoms with van der Waals surface area (Å²) in [5.74, 6) is -3.37. The standard InChI is InChI=1S/C12H13F3/c13-10-7-6-9(11(14)12(10)15)8-4-2-1-3-5-8/h6-8H,1-5H2. The van der Waals surface area contributed by atoms with Crippen LogP contribution in [0, 0.1) is 17.5 Å². The minimum absolute atomic E-state index is 0.0637. The molecule has 82 valence electrons. The molecule has 0 bridgehead atoms. The van der Waals surface area contributed by atoms with E-state index in [1.54, 1.807) is 0 Å². The first-order chi connectivity index (χ1) is 7.20. The van der Waals surface area contributed by atoms with Crippen LogP contribution in [0.4, 0.5) is 13.2 Å². The first-order valence-electron chi connectivity index (χ1n) is 5.33. The van der Waals surface area contributed by atoms with Crippen LogP contribution in [0.1, 0.15) is 43.6 Å². The van der Waals surface area contributed by atoms with Crippen LogP contribution in [0.5, 0.6) is 0 Å². The van der Waals surface area contributed by atoms with Gasteiger partial charge in [0.25, 0.3) is 0 Å². The van der Waals surface area contributed by atoms with Gasteiger partial charge >= 0.3 is 0 Å². The maximum Gasteiger partial charge on any atom is 0.194 e. The number of halogens is 3. The van der Waals surface area contributed by atoms with E-state index in [-0.39, 0.29) is 5.92 Å². The topological polar surface area (TPSA) is 0 Å². The van der Waals surface area contributed by atoms with Crippen molar-refractivity contribution in [3.05, 3.63) is 35.1 Å². The molecule has 1 aromatic rings. The quantitative estimate of drug-likeness (QED) is 0.616. The summed E-state index contributed by atoms with van der Waals surface area (Å²) in [6.45, 7) is 0. The molecule has 0 saturated heterocycles. The Morgan fingerprint density at radius 2 is 1.53 bits per heavy atom. The minimum atomic E-state index is -1.34. The SMILES string of the molecule is Fc1ccc(C2CCCCC2)c(F)c1F. The smallest absolute Gasteiger partial charge is 0.194 e. The fourth-order valence-electron chi connectivity index (χ4n) is 2.27. The monoisotopic (exact) mass is 214 g/mol. The zero-order valence-corrected chi connectivity index (χ0v) is 8.40. The third-order valence-electron chi connectivity index (χ3n) is 3.11. The summed E-state index contributed by atoms with van der Waals surface area (Å²) in [6.07, 6.45) is 5.00. The Bertz CT molecular complexity index is 354. The van der Waals surface area contributed by atoms with E-state index in [4.69, 9.17) is 0 Å². The van der Waals surface area contributed by atoms with Crippen LogP contribution in [0.25, 0.3) is 0 Å². The van der Waals surface area contributed by atoms with Crippen molar-refractivity contribution in [2.24, 2.45) is 0 Å². The van der Waals surface area contributed by atoms with Gasteiger partial charge in [-0.25, -0.2) is 13.2 Å². The minimum Gasteiger partial charge on any atom is -0.204 e. The van der Waals surface area contributed by atoms with Gasteiger partial charge in [-0.15, -0.1) is 0 Å². The summed E-state index contributed by atoms with van der Waals surface area (Å²) in [7, 11) is 0. The van der Waals surface area contributed by atoms with Crippen molar-refractivity contribution in [2.75, 3.05) is 0 Å². The van der Waals surface area contributed by atoms with E-state index in [1.807, 2.05) is 0 Å². The predicted molar refractivity (Wildman–Crippen MR) is 52.1 cm³/mol. The average molecular weight is 214 g/mol. The Morgan fingerprint density at radius 1 is 0.867 bits per heavy atom. The highest BCUT2D eigenvalue weighted by molar-refractivity contribution is 5.24. The normalized spacial score (nSPS) is 18.1. The van der Waals surface area contributed by atoms with Crippen molar-refractivity contribution in [2.45, 2.75) is 38.0 Å². The molecule has 0 heterocycles. The molecule has 0 unspecified atom stereocenters. The molecule has 1 aliphatic rings. The molecule has 0 aromatic heterocycles. The molecule has 1 aromatic carbocycles. The van der Waals surface area contributed by atoms with Crippen molar-refractivity contribution in [1.29, 1.82) is 0 Å². The number of rotatable bonds is 1. The largest absolute Gasteiger partial charge is 0.204 e.